The summed E-state index contributed by atoms with van der Waals surface area (Å²) in [5.41, 5.74) is 5.32. The lowest BCUT2D eigenvalue weighted by atomic mass is 10.1. The molecule has 0 radical (unpaired) electrons. The summed E-state index contributed by atoms with van der Waals surface area (Å²) in [6.45, 7) is 9.64. The van der Waals surface area contributed by atoms with Gasteiger partial charge in [-0.15, -0.1) is 0 Å². The molecule has 3 aromatic rings. The van der Waals surface area contributed by atoms with Crippen molar-refractivity contribution in [2.24, 2.45) is 0 Å². The van der Waals surface area contributed by atoms with Crippen LogP contribution in [0, 0.1) is 20.8 Å². The van der Waals surface area contributed by atoms with Gasteiger partial charge in [0.2, 0.25) is 5.91 Å². The maximum absolute atomic E-state index is 12.4. The number of nitrogens with one attached hydrogen (secondary N) is 1. The number of hydrogen-bond donors (Lipinski definition) is 1. The van der Waals surface area contributed by atoms with Gasteiger partial charge in [0.15, 0.2) is 5.82 Å². The molecular formula is C24H30N6O2. The van der Waals surface area contributed by atoms with Gasteiger partial charge in [-0.25, -0.2) is 14.6 Å². The first-order valence-corrected chi connectivity index (χ1v) is 11.0. The maximum Gasteiger partial charge on any atom is 0.220 e. The highest BCUT2D eigenvalue weighted by atomic mass is 16.5. The van der Waals surface area contributed by atoms with E-state index in [1.165, 1.54) is 5.56 Å². The molecule has 1 aromatic carbocycles. The quantitative estimate of drug-likeness (QED) is 0.615. The lowest BCUT2D eigenvalue weighted by Gasteiger charge is -2.27. The van der Waals surface area contributed by atoms with Gasteiger partial charge in [-0.05, 0) is 38.3 Å². The second-order valence-corrected chi connectivity index (χ2v) is 8.16. The van der Waals surface area contributed by atoms with E-state index in [0.717, 1.165) is 47.2 Å². The third kappa shape index (κ3) is 5.13. The molecule has 168 valence electrons. The predicted octanol–water partition coefficient (Wildman–Crippen LogP) is 2.67. The monoisotopic (exact) mass is 434 g/mol. The summed E-state index contributed by atoms with van der Waals surface area (Å²) in [6, 6.07) is 10.2. The zero-order chi connectivity index (χ0) is 22.5. The number of ether oxygens (including phenoxy) is 1. The number of nitrogens with zero attached hydrogens (tertiary/aromatic N) is 5. The van der Waals surface area contributed by atoms with Gasteiger partial charge in [0.1, 0.15) is 12.1 Å². The lowest BCUT2D eigenvalue weighted by molar-refractivity contribution is -0.121. The number of aromatic nitrogens is 4. The third-order valence-electron chi connectivity index (χ3n) is 5.84. The van der Waals surface area contributed by atoms with Crippen molar-refractivity contribution >= 4 is 11.7 Å². The highest BCUT2D eigenvalue weighted by Gasteiger charge is 2.17. The minimum Gasteiger partial charge on any atom is -0.378 e. The molecule has 0 atom stereocenters. The van der Waals surface area contributed by atoms with Crippen LogP contribution in [0.15, 0.2) is 36.7 Å². The number of morpholine rings is 1. The first kappa shape index (κ1) is 22.0. The summed E-state index contributed by atoms with van der Waals surface area (Å²) in [5, 5.41) is 7.71. The van der Waals surface area contributed by atoms with Crippen LogP contribution in [0.5, 0.6) is 0 Å². The van der Waals surface area contributed by atoms with Crippen LogP contribution in [0.1, 0.15) is 34.5 Å². The Morgan fingerprint density at radius 3 is 2.53 bits per heavy atom. The van der Waals surface area contributed by atoms with E-state index < -0.39 is 0 Å². The van der Waals surface area contributed by atoms with Gasteiger partial charge in [0.25, 0.3) is 0 Å². The molecule has 1 aliphatic rings. The number of rotatable bonds is 7. The van der Waals surface area contributed by atoms with Crippen molar-refractivity contribution in [3.63, 3.8) is 0 Å². The molecule has 8 heteroatoms. The first-order chi connectivity index (χ1) is 15.5. The highest BCUT2D eigenvalue weighted by Crippen LogP contribution is 2.21. The fourth-order valence-corrected chi connectivity index (χ4v) is 3.91. The van der Waals surface area contributed by atoms with E-state index >= 15 is 0 Å². The molecule has 0 aliphatic carbocycles. The third-order valence-corrected chi connectivity index (χ3v) is 5.84. The van der Waals surface area contributed by atoms with E-state index in [0.29, 0.717) is 32.6 Å². The van der Waals surface area contributed by atoms with Gasteiger partial charge >= 0.3 is 0 Å². The van der Waals surface area contributed by atoms with Gasteiger partial charge < -0.3 is 15.0 Å². The smallest absolute Gasteiger partial charge is 0.220 e. The standard InChI is InChI=1S/C24H30N6O2/c1-17-4-6-20(7-5-17)15-25-24(31)9-8-21-18(2)28-30(19(21)3)23-14-22(26-16-27-23)29-10-12-32-13-11-29/h4-7,14,16H,8-13,15H2,1-3H3,(H,25,31). The molecule has 2 aromatic heterocycles. The Kier molecular flexibility index (Phi) is 6.80. The molecule has 1 aliphatic heterocycles. The van der Waals surface area contributed by atoms with Crippen LogP contribution in [0.25, 0.3) is 5.82 Å². The molecule has 0 spiro atoms. The second-order valence-electron chi connectivity index (χ2n) is 8.16. The van der Waals surface area contributed by atoms with Gasteiger partial charge in [0, 0.05) is 37.8 Å². The Morgan fingerprint density at radius 1 is 1.06 bits per heavy atom. The molecule has 1 fully saturated rings. The number of amides is 1. The zero-order valence-electron chi connectivity index (χ0n) is 19.0. The summed E-state index contributed by atoms with van der Waals surface area (Å²) in [4.78, 5) is 23.5. The summed E-state index contributed by atoms with van der Waals surface area (Å²) in [6.07, 6.45) is 2.63. The van der Waals surface area contributed by atoms with E-state index in [1.807, 2.05) is 36.7 Å². The van der Waals surface area contributed by atoms with Crippen molar-refractivity contribution in [1.82, 2.24) is 25.1 Å². The van der Waals surface area contributed by atoms with Gasteiger partial charge in [-0.1, -0.05) is 29.8 Å². The fraction of sp³-hybridized carbons (Fsp3) is 0.417. The van der Waals surface area contributed by atoms with Crippen LogP contribution in [-0.2, 0) is 22.5 Å². The number of aryl methyl sites for hydroxylation is 2. The van der Waals surface area contributed by atoms with Crippen LogP contribution in [-0.4, -0.2) is 52.0 Å². The minimum absolute atomic E-state index is 0.0359. The maximum atomic E-state index is 12.4. The van der Waals surface area contributed by atoms with E-state index in [4.69, 9.17) is 9.84 Å². The van der Waals surface area contributed by atoms with Gasteiger partial charge in [0.05, 0.1) is 18.9 Å². The second kappa shape index (κ2) is 9.91. The summed E-state index contributed by atoms with van der Waals surface area (Å²) in [7, 11) is 0. The van der Waals surface area contributed by atoms with Gasteiger partial charge in [-0.3, -0.25) is 4.79 Å². The average Bonchev–Trinajstić information content (AvgIpc) is 3.11. The molecule has 4 rings (SSSR count). The number of carbonyl (C=O) groups excluding carboxylic acids is 1. The molecular weight excluding hydrogens is 404 g/mol. The number of benzene rings is 1. The molecule has 0 saturated carbocycles. The number of anilines is 1. The highest BCUT2D eigenvalue weighted by molar-refractivity contribution is 5.76. The van der Waals surface area contributed by atoms with E-state index in [2.05, 4.69) is 39.2 Å². The van der Waals surface area contributed by atoms with Crippen molar-refractivity contribution in [2.75, 3.05) is 31.2 Å². The minimum atomic E-state index is 0.0359. The summed E-state index contributed by atoms with van der Waals surface area (Å²) >= 11 is 0. The molecule has 1 saturated heterocycles. The molecule has 0 bridgehead atoms. The Balaban J connectivity index is 1.40. The average molecular weight is 435 g/mol. The Labute approximate surface area is 188 Å². The number of carbonyl (C=O) groups is 1. The van der Waals surface area contributed by atoms with Crippen LogP contribution in [0.4, 0.5) is 5.82 Å². The largest absolute Gasteiger partial charge is 0.378 e. The fourth-order valence-electron chi connectivity index (χ4n) is 3.91. The first-order valence-electron chi connectivity index (χ1n) is 11.0. The van der Waals surface area contributed by atoms with Crippen molar-refractivity contribution in [3.8, 4) is 5.82 Å². The number of hydrogen-bond acceptors (Lipinski definition) is 6. The molecule has 8 nitrogen and oxygen atoms in total. The van der Waals surface area contributed by atoms with Crippen molar-refractivity contribution in [2.45, 2.75) is 40.2 Å². The van der Waals surface area contributed by atoms with Crippen LogP contribution < -0.4 is 10.2 Å². The molecule has 3 heterocycles. The van der Waals surface area contributed by atoms with Crippen LogP contribution in [0.3, 0.4) is 0 Å². The van der Waals surface area contributed by atoms with Gasteiger partial charge in [-0.2, -0.15) is 5.10 Å². The molecule has 1 amide bonds. The Morgan fingerprint density at radius 2 is 1.78 bits per heavy atom. The van der Waals surface area contributed by atoms with Crippen molar-refractivity contribution < 1.29 is 9.53 Å². The molecule has 0 unspecified atom stereocenters. The van der Waals surface area contributed by atoms with E-state index in [1.54, 1.807) is 6.33 Å². The van der Waals surface area contributed by atoms with Crippen LogP contribution >= 0.6 is 0 Å². The summed E-state index contributed by atoms with van der Waals surface area (Å²) < 4.78 is 7.28. The Bertz CT molecular complexity index is 1070. The normalized spacial score (nSPS) is 13.9. The van der Waals surface area contributed by atoms with E-state index in [9.17, 15) is 4.79 Å². The molecule has 1 N–H and O–H groups in total. The Hall–Kier alpha value is -3.26. The molecule has 32 heavy (non-hydrogen) atoms. The topological polar surface area (TPSA) is 85.2 Å². The van der Waals surface area contributed by atoms with Crippen molar-refractivity contribution in [1.29, 1.82) is 0 Å². The lowest BCUT2D eigenvalue weighted by Crippen LogP contribution is -2.36. The van der Waals surface area contributed by atoms with E-state index in [-0.39, 0.29) is 5.91 Å². The predicted molar refractivity (Wildman–Crippen MR) is 123 cm³/mol. The zero-order valence-corrected chi connectivity index (χ0v) is 19.0. The van der Waals surface area contributed by atoms with Crippen molar-refractivity contribution in [3.05, 3.63) is 64.7 Å². The SMILES string of the molecule is Cc1ccc(CNC(=O)CCc2c(C)nn(-c3cc(N4CCOCC4)ncn3)c2C)cc1. The van der Waals surface area contributed by atoms with Crippen LogP contribution in [0.2, 0.25) is 0 Å². The summed E-state index contributed by atoms with van der Waals surface area (Å²) in [5.74, 6) is 1.65.